The predicted octanol–water partition coefficient (Wildman–Crippen LogP) is 3.44. The van der Waals surface area contributed by atoms with E-state index in [9.17, 15) is 4.79 Å². The average Bonchev–Trinajstić information content (AvgIpc) is 3.29. The lowest BCUT2D eigenvalue weighted by Gasteiger charge is -2.22. The standard InChI is InChI=1S/C18H21N3O2S/c1-11-3-2-4-14(7-11)17-20-21-18(23-17)24-10-16(22)19-15-9-12-5-6-13(15)8-12/h2-4,7,12-13,15H,5-6,8-10H2,1H3,(H,19,22)/t12-,13-,15-/m0/s1. The minimum absolute atomic E-state index is 0.0628. The molecule has 3 atom stereocenters. The summed E-state index contributed by atoms with van der Waals surface area (Å²) < 4.78 is 5.66. The Kier molecular flexibility index (Phi) is 4.31. The summed E-state index contributed by atoms with van der Waals surface area (Å²) in [6.45, 7) is 2.02. The van der Waals surface area contributed by atoms with Crippen LogP contribution in [0.3, 0.4) is 0 Å². The number of carbonyl (C=O) groups is 1. The Morgan fingerprint density at radius 2 is 2.25 bits per heavy atom. The van der Waals surface area contributed by atoms with Crippen LogP contribution in [-0.2, 0) is 4.79 Å². The Morgan fingerprint density at radius 3 is 3.00 bits per heavy atom. The summed E-state index contributed by atoms with van der Waals surface area (Å²) >= 11 is 1.30. The van der Waals surface area contributed by atoms with Crippen molar-refractivity contribution in [3.63, 3.8) is 0 Å². The van der Waals surface area contributed by atoms with Crippen LogP contribution in [0.2, 0.25) is 0 Å². The van der Waals surface area contributed by atoms with Crippen LogP contribution in [0.4, 0.5) is 0 Å². The van der Waals surface area contributed by atoms with Crippen LogP contribution in [0, 0.1) is 18.8 Å². The maximum Gasteiger partial charge on any atom is 0.277 e. The fourth-order valence-corrected chi connectivity index (χ4v) is 4.53. The molecule has 126 valence electrons. The Bertz CT molecular complexity index is 745. The third-order valence-electron chi connectivity index (χ3n) is 5.08. The van der Waals surface area contributed by atoms with Crippen molar-refractivity contribution in [2.24, 2.45) is 11.8 Å². The lowest BCUT2D eigenvalue weighted by Crippen LogP contribution is -2.39. The lowest BCUT2D eigenvalue weighted by atomic mass is 9.95. The molecule has 0 radical (unpaired) electrons. The second-order valence-corrected chi connectivity index (χ2v) is 7.81. The van der Waals surface area contributed by atoms with Gasteiger partial charge in [0, 0.05) is 11.6 Å². The van der Waals surface area contributed by atoms with E-state index >= 15 is 0 Å². The normalized spacial score (nSPS) is 25.1. The van der Waals surface area contributed by atoms with Crippen molar-refractivity contribution in [3.8, 4) is 11.5 Å². The number of hydrogen-bond donors (Lipinski definition) is 1. The van der Waals surface area contributed by atoms with E-state index in [4.69, 9.17) is 4.42 Å². The second kappa shape index (κ2) is 6.59. The molecular weight excluding hydrogens is 322 g/mol. The molecule has 2 bridgehead atoms. The minimum Gasteiger partial charge on any atom is -0.411 e. The third kappa shape index (κ3) is 3.34. The Balaban J connectivity index is 1.31. The molecule has 2 fully saturated rings. The molecule has 0 spiro atoms. The number of thioether (sulfide) groups is 1. The number of aryl methyl sites for hydroxylation is 1. The van der Waals surface area contributed by atoms with Gasteiger partial charge < -0.3 is 9.73 Å². The van der Waals surface area contributed by atoms with Crippen LogP contribution in [0.25, 0.3) is 11.5 Å². The number of rotatable bonds is 5. The molecule has 0 saturated heterocycles. The Hall–Kier alpha value is -1.82. The highest BCUT2D eigenvalue weighted by Gasteiger charge is 2.40. The van der Waals surface area contributed by atoms with Crippen LogP contribution in [-0.4, -0.2) is 27.9 Å². The molecule has 2 saturated carbocycles. The van der Waals surface area contributed by atoms with Crippen molar-refractivity contribution in [1.82, 2.24) is 15.5 Å². The SMILES string of the molecule is Cc1cccc(-c2nnc(SCC(=O)N[C@H]3C[C@H]4CC[C@H]3C4)o2)c1. The van der Waals surface area contributed by atoms with Crippen molar-refractivity contribution < 1.29 is 9.21 Å². The summed E-state index contributed by atoms with van der Waals surface area (Å²) in [5.74, 6) is 2.41. The van der Waals surface area contributed by atoms with E-state index in [0.717, 1.165) is 23.5 Å². The van der Waals surface area contributed by atoms with Gasteiger partial charge >= 0.3 is 0 Å². The molecule has 1 amide bonds. The summed E-state index contributed by atoms with van der Waals surface area (Å²) in [4.78, 5) is 12.1. The quantitative estimate of drug-likeness (QED) is 0.842. The number of nitrogens with zero attached hydrogens (tertiary/aromatic N) is 2. The summed E-state index contributed by atoms with van der Waals surface area (Å²) in [5.41, 5.74) is 2.05. The molecule has 2 aromatic rings. The monoisotopic (exact) mass is 343 g/mol. The Morgan fingerprint density at radius 1 is 1.33 bits per heavy atom. The van der Waals surface area contributed by atoms with Gasteiger partial charge in [-0.05, 0) is 50.2 Å². The molecule has 5 nitrogen and oxygen atoms in total. The molecular formula is C18H21N3O2S. The van der Waals surface area contributed by atoms with Gasteiger partial charge in [0.25, 0.3) is 5.22 Å². The highest BCUT2D eigenvalue weighted by Crippen LogP contribution is 2.44. The van der Waals surface area contributed by atoms with Crippen molar-refractivity contribution in [3.05, 3.63) is 29.8 Å². The number of amides is 1. The smallest absolute Gasteiger partial charge is 0.277 e. The van der Waals surface area contributed by atoms with Crippen molar-refractivity contribution in [1.29, 1.82) is 0 Å². The zero-order valence-corrected chi connectivity index (χ0v) is 14.5. The molecule has 4 rings (SSSR count). The molecule has 0 aliphatic heterocycles. The summed E-state index contributed by atoms with van der Waals surface area (Å²) in [6, 6.07) is 8.31. The van der Waals surface area contributed by atoms with Gasteiger partial charge in [-0.1, -0.05) is 35.9 Å². The average molecular weight is 343 g/mol. The Labute approximate surface area is 145 Å². The maximum atomic E-state index is 12.1. The van der Waals surface area contributed by atoms with Crippen LogP contribution in [0.1, 0.15) is 31.2 Å². The fourth-order valence-electron chi connectivity index (χ4n) is 3.96. The number of aromatic nitrogens is 2. The third-order valence-corrected chi connectivity index (χ3v) is 5.90. The predicted molar refractivity (Wildman–Crippen MR) is 92.6 cm³/mol. The van der Waals surface area contributed by atoms with E-state index in [0.29, 0.717) is 28.8 Å². The van der Waals surface area contributed by atoms with E-state index in [1.54, 1.807) is 0 Å². The number of carbonyl (C=O) groups excluding carboxylic acids is 1. The van der Waals surface area contributed by atoms with E-state index in [2.05, 4.69) is 15.5 Å². The first-order valence-electron chi connectivity index (χ1n) is 8.50. The molecule has 2 aliphatic carbocycles. The first-order valence-corrected chi connectivity index (χ1v) is 9.48. The molecule has 24 heavy (non-hydrogen) atoms. The molecule has 1 aromatic carbocycles. The zero-order chi connectivity index (χ0) is 16.5. The molecule has 1 heterocycles. The van der Waals surface area contributed by atoms with Crippen LogP contribution in [0.5, 0.6) is 0 Å². The van der Waals surface area contributed by atoms with Crippen molar-refractivity contribution >= 4 is 17.7 Å². The van der Waals surface area contributed by atoms with Gasteiger partial charge in [-0.3, -0.25) is 4.79 Å². The number of nitrogens with one attached hydrogen (secondary N) is 1. The number of fused-ring (bicyclic) bond motifs is 2. The minimum atomic E-state index is 0.0628. The van der Waals surface area contributed by atoms with Gasteiger partial charge in [0.05, 0.1) is 5.75 Å². The largest absolute Gasteiger partial charge is 0.411 e. The van der Waals surface area contributed by atoms with E-state index in [1.807, 2.05) is 31.2 Å². The second-order valence-electron chi connectivity index (χ2n) is 6.88. The van der Waals surface area contributed by atoms with Gasteiger partial charge in [-0.2, -0.15) is 0 Å². The molecule has 0 unspecified atom stereocenters. The van der Waals surface area contributed by atoms with Gasteiger partial charge in [-0.15, -0.1) is 10.2 Å². The molecule has 1 N–H and O–H groups in total. The lowest BCUT2D eigenvalue weighted by molar-refractivity contribution is -0.119. The van der Waals surface area contributed by atoms with E-state index in [1.165, 1.54) is 31.0 Å². The summed E-state index contributed by atoms with van der Waals surface area (Å²) in [6.07, 6.45) is 5.06. The van der Waals surface area contributed by atoms with Gasteiger partial charge in [0.15, 0.2) is 0 Å². The molecule has 2 aliphatic rings. The highest BCUT2D eigenvalue weighted by molar-refractivity contribution is 7.99. The topological polar surface area (TPSA) is 68.0 Å². The molecule has 1 aromatic heterocycles. The number of hydrogen-bond acceptors (Lipinski definition) is 5. The van der Waals surface area contributed by atoms with Crippen molar-refractivity contribution in [2.45, 2.75) is 43.9 Å². The zero-order valence-electron chi connectivity index (χ0n) is 13.7. The van der Waals surface area contributed by atoms with E-state index < -0.39 is 0 Å². The van der Waals surface area contributed by atoms with Crippen LogP contribution in [0.15, 0.2) is 33.9 Å². The first-order chi connectivity index (χ1) is 11.7. The first kappa shape index (κ1) is 15.7. The number of benzene rings is 1. The van der Waals surface area contributed by atoms with Gasteiger partial charge in [-0.25, -0.2) is 0 Å². The van der Waals surface area contributed by atoms with Crippen molar-refractivity contribution in [2.75, 3.05) is 5.75 Å². The summed E-state index contributed by atoms with van der Waals surface area (Å²) in [7, 11) is 0. The summed E-state index contributed by atoms with van der Waals surface area (Å²) in [5, 5.41) is 11.7. The molecule has 6 heteroatoms. The van der Waals surface area contributed by atoms with Crippen LogP contribution >= 0.6 is 11.8 Å². The van der Waals surface area contributed by atoms with E-state index in [-0.39, 0.29) is 5.91 Å². The van der Waals surface area contributed by atoms with Crippen LogP contribution < -0.4 is 5.32 Å². The highest BCUT2D eigenvalue weighted by atomic mass is 32.2. The fraction of sp³-hybridized carbons (Fsp3) is 0.500. The van der Waals surface area contributed by atoms with Gasteiger partial charge in [0.2, 0.25) is 11.8 Å². The van der Waals surface area contributed by atoms with Gasteiger partial charge in [0.1, 0.15) is 0 Å². The maximum absolute atomic E-state index is 12.1.